The summed E-state index contributed by atoms with van der Waals surface area (Å²) in [4.78, 5) is 0. The second-order valence-electron chi connectivity index (χ2n) is 3.45. The van der Waals surface area contributed by atoms with Gasteiger partial charge < -0.3 is 10.1 Å². The molecule has 0 aromatic rings. The van der Waals surface area contributed by atoms with E-state index in [0.717, 1.165) is 12.5 Å². The lowest BCUT2D eigenvalue weighted by molar-refractivity contribution is 0.172. The Bertz CT molecular complexity index is 93.7. The quantitative estimate of drug-likeness (QED) is 0.666. The fraction of sp³-hybridized carbons (Fsp3) is 1.00. The molecule has 1 aliphatic rings. The lowest BCUT2D eigenvalue weighted by atomic mass is 10.0. The standard InChI is InChI=1S/C9H19NO/c1-3-4-8-5-9(7-11-2)10-6-8/h8-10H,3-7H2,1-2H3. The largest absolute Gasteiger partial charge is 0.383 e. The molecule has 1 saturated heterocycles. The van der Waals surface area contributed by atoms with Gasteiger partial charge in [0.05, 0.1) is 6.61 Å². The van der Waals surface area contributed by atoms with Gasteiger partial charge in [0.2, 0.25) is 0 Å². The molecule has 0 spiro atoms. The van der Waals surface area contributed by atoms with Gasteiger partial charge in [0.25, 0.3) is 0 Å². The van der Waals surface area contributed by atoms with E-state index >= 15 is 0 Å². The first-order valence-electron chi connectivity index (χ1n) is 4.59. The Morgan fingerprint density at radius 1 is 1.55 bits per heavy atom. The van der Waals surface area contributed by atoms with Crippen LogP contribution in [-0.2, 0) is 4.74 Å². The molecule has 66 valence electrons. The van der Waals surface area contributed by atoms with Gasteiger partial charge in [-0.15, -0.1) is 0 Å². The van der Waals surface area contributed by atoms with Crippen LogP contribution in [0.25, 0.3) is 0 Å². The third-order valence-electron chi connectivity index (χ3n) is 2.38. The fourth-order valence-corrected chi connectivity index (χ4v) is 1.86. The summed E-state index contributed by atoms with van der Waals surface area (Å²) in [6.45, 7) is 4.33. The summed E-state index contributed by atoms with van der Waals surface area (Å²) in [5.74, 6) is 0.903. The van der Waals surface area contributed by atoms with E-state index in [0.29, 0.717) is 6.04 Å². The van der Waals surface area contributed by atoms with Crippen LogP contribution < -0.4 is 5.32 Å². The summed E-state index contributed by atoms with van der Waals surface area (Å²) in [7, 11) is 1.77. The minimum absolute atomic E-state index is 0.622. The van der Waals surface area contributed by atoms with Crippen LogP contribution in [0.4, 0.5) is 0 Å². The predicted octanol–water partition coefficient (Wildman–Crippen LogP) is 1.41. The van der Waals surface area contributed by atoms with E-state index in [4.69, 9.17) is 4.74 Å². The molecule has 2 heteroatoms. The molecule has 1 N–H and O–H groups in total. The van der Waals surface area contributed by atoms with E-state index in [1.54, 1.807) is 7.11 Å². The van der Waals surface area contributed by atoms with Crippen molar-refractivity contribution in [2.24, 2.45) is 5.92 Å². The van der Waals surface area contributed by atoms with Crippen LogP contribution in [0.5, 0.6) is 0 Å². The maximum atomic E-state index is 5.09. The van der Waals surface area contributed by atoms with Crippen LogP contribution in [0.2, 0.25) is 0 Å². The highest BCUT2D eigenvalue weighted by Crippen LogP contribution is 2.18. The van der Waals surface area contributed by atoms with Crippen molar-refractivity contribution in [1.82, 2.24) is 5.32 Å². The maximum Gasteiger partial charge on any atom is 0.0615 e. The Kier molecular flexibility index (Phi) is 3.87. The van der Waals surface area contributed by atoms with Crippen molar-refractivity contribution in [3.8, 4) is 0 Å². The predicted molar refractivity (Wildman–Crippen MR) is 46.7 cm³/mol. The Labute approximate surface area is 69.3 Å². The van der Waals surface area contributed by atoms with Crippen LogP contribution in [0, 0.1) is 5.92 Å². The second kappa shape index (κ2) is 4.73. The molecule has 1 aliphatic heterocycles. The first-order chi connectivity index (χ1) is 5.36. The molecule has 0 amide bonds. The molecule has 2 unspecified atom stereocenters. The van der Waals surface area contributed by atoms with Crippen molar-refractivity contribution in [3.05, 3.63) is 0 Å². The van der Waals surface area contributed by atoms with Crippen LogP contribution in [0.15, 0.2) is 0 Å². The van der Waals surface area contributed by atoms with Gasteiger partial charge >= 0.3 is 0 Å². The zero-order valence-corrected chi connectivity index (χ0v) is 7.60. The molecule has 0 aliphatic carbocycles. The molecule has 0 aromatic carbocycles. The highest BCUT2D eigenvalue weighted by Gasteiger charge is 2.22. The summed E-state index contributed by atoms with van der Waals surface area (Å²) in [6.07, 6.45) is 3.99. The molecule has 1 rings (SSSR count). The van der Waals surface area contributed by atoms with E-state index in [1.807, 2.05) is 0 Å². The molecule has 2 nitrogen and oxygen atoms in total. The van der Waals surface area contributed by atoms with Crippen molar-refractivity contribution in [2.45, 2.75) is 32.2 Å². The third-order valence-corrected chi connectivity index (χ3v) is 2.38. The van der Waals surface area contributed by atoms with E-state index in [2.05, 4.69) is 12.2 Å². The number of ether oxygens (including phenoxy) is 1. The average molecular weight is 157 g/mol. The molecule has 0 saturated carbocycles. The van der Waals surface area contributed by atoms with Gasteiger partial charge in [-0.2, -0.15) is 0 Å². The summed E-state index contributed by atoms with van der Waals surface area (Å²) < 4.78 is 5.09. The second-order valence-corrected chi connectivity index (χ2v) is 3.45. The SMILES string of the molecule is CCCC1CNC(COC)C1. The van der Waals surface area contributed by atoms with Crippen molar-refractivity contribution in [1.29, 1.82) is 0 Å². The van der Waals surface area contributed by atoms with Gasteiger partial charge in [-0.3, -0.25) is 0 Å². The molecular formula is C9H19NO. The lowest BCUT2D eigenvalue weighted by Gasteiger charge is -2.07. The molecule has 1 heterocycles. The van der Waals surface area contributed by atoms with Crippen molar-refractivity contribution in [3.63, 3.8) is 0 Å². The average Bonchev–Trinajstić information content (AvgIpc) is 2.38. The van der Waals surface area contributed by atoms with Crippen LogP contribution in [0.3, 0.4) is 0 Å². The van der Waals surface area contributed by atoms with Gasteiger partial charge in [-0.25, -0.2) is 0 Å². The first kappa shape index (κ1) is 9.01. The summed E-state index contributed by atoms with van der Waals surface area (Å²) in [6, 6.07) is 0.622. The molecule has 0 bridgehead atoms. The Balaban J connectivity index is 2.12. The van der Waals surface area contributed by atoms with Gasteiger partial charge in [0, 0.05) is 13.2 Å². The van der Waals surface area contributed by atoms with Crippen molar-refractivity contribution in [2.75, 3.05) is 20.3 Å². The monoisotopic (exact) mass is 157 g/mol. The van der Waals surface area contributed by atoms with Gasteiger partial charge in [-0.1, -0.05) is 13.3 Å². The van der Waals surface area contributed by atoms with E-state index in [-0.39, 0.29) is 0 Å². The van der Waals surface area contributed by atoms with Crippen LogP contribution in [-0.4, -0.2) is 26.3 Å². The van der Waals surface area contributed by atoms with Gasteiger partial charge in [-0.05, 0) is 25.3 Å². The van der Waals surface area contributed by atoms with Crippen molar-refractivity contribution >= 4 is 0 Å². The number of hydrogen-bond donors (Lipinski definition) is 1. The Morgan fingerprint density at radius 2 is 2.36 bits per heavy atom. The number of hydrogen-bond acceptors (Lipinski definition) is 2. The molecular weight excluding hydrogens is 138 g/mol. The fourth-order valence-electron chi connectivity index (χ4n) is 1.86. The Morgan fingerprint density at radius 3 is 3.00 bits per heavy atom. The van der Waals surface area contributed by atoms with Crippen molar-refractivity contribution < 1.29 is 4.74 Å². The number of methoxy groups -OCH3 is 1. The zero-order chi connectivity index (χ0) is 8.10. The molecule has 2 atom stereocenters. The number of rotatable bonds is 4. The molecule has 0 radical (unpaired) electrons. The van der Waals surface area contributed by atoms with E-state index < -0.39 is 0 Å². The van der Waals surface area contributed by atoms with Gasteiger partial charge in [0.15, 0.2) is 0 Å². The minimum atomic E-state index is 0.622. The summed E-state index contributed by atoms with van der Waals surface area (Å²) >= 11 is 0. The molecule has 11 heavy (non-hydrogen) atoms. The number of nitrogens with one attached hydrogen (secondary N) is 1. The summed E-state index contributed by atoms with van der Waals surface area (Å²) in [5, 5.41) is 3.47. The highest BCUT2D eigenvalue weighted by atomic mass is 16.5. The maximum absolute atomic E-state index is 5.09. The lowest BCUT2D eigenvalue weighted by Crippen LogP contribution is -2.25. The van der Waals surface area contributed by atoms with Gasteiger partial charge in [0.1, 0.15) is 0 Å². The van der Waals surface area contributed by atoms with E-state index in [1.165, 1.54) is 25.8 Å². The van der Waals surface area contributed by atoms with Crippen LogP contribution in [0.1, 0.15) is 26.2 Å². The van der Waals surface area contributed by atoms with Crippen LogP contribution >= 0.6 is 0 Å². The zero-order valence-electron chi connectivity index (χ0n) is 7.60. The third kappa shape index (κ3) is 2.80. The smallest absolute Gasteiger partial charge is 0.0615 e. The molecule has 1 fully saturated rings. The minimum Gasteiger partial charge on any atom is -0.383 e. The first-order valence-corrected chi connectivity index (χ1v) is 4.59. The normalized spacial score (nSPS) is 31.1. The summed E-state index contributed by atoms with van der Waals surface area (Å²) in [5.41, 5.74) is 0. The molecule has 0 aromatic heterocycles. The topological polar surface area (TPSA) is 21.3 Å². The van der Waals surface area contributed by atoms with E-state index in [9.17, 15) is 0 Å². The Hall–Kier alpha value is -0.0800. The highest BCUT2D eigenvalue weighted by molar-refractivity contribution is 4.80.